The predicted octanol–water partition coefficient (Wildman–Crippen LogP) is 2.66. The van der Waals surface area contributed by atoms with Gasteiger partial charge in [0.15, 0.2) is 0 Å². The Kier molecular flexibility index (Phi) is 5.59. The molecule has 54 valence electrons. The molecule has 0 aliphatic heterocycles. The Morgan fingerprint density at radius 3 is 2.67 bits per heavy atom. The SMILES string of the molecule is CC=NC(C)CCCC. The molecule has 1 atom stereocenters. The third-order valence-corrected chi connectivity index (χ3v) is 1.38. The minimum atomic E-state index is 0.537. The van der Waals surface area contributed by atoms with Crippen LogP contribution in [0.1, 0.15) is 40.0 Å². The average Bonchev–Trinajstić information content (AvgIpc) is 1.85. The molecule has 0 amide bonds. The molecule has 0 aliphatic carbocycles. The van der Waals surface area contributed by atoms with Gasteiger partial charge in [0.1, 0.15) is 0 Å². The third-order valence-electron chi connectivity index (χ3n) is 1.38. The van der Waals surface area contributed by atoms with Crippen molar-refractivity contribution in [2.75, 3.05) is 0 Å². The highest BCUT2D eigenvalue weighted by molar-refractivity contribution is 5.53. The van der Waals surface area contributed by atoms with Crippen molar-refractivity contribution in [3.8, 4) is 0 Å². The van der Waals surface area contributed by atoms with Gasteiger partial charge in [0.05, 0.1) is 0 Å². The van der Waals surface area contributed by atoms with Gasteiger partial charge in [-0.1, -0.05) is 19.8 Å². The van der Waals surface area contributed by atoms with Crippen molar-refractivity contribution in [2.24, 2.45) is 4.99 Å². The van der Waals surface area contributed by atoms with E-state index in [-0.39, 0.29) is 0 Å². The number of rotatable bonds is 4. The molecule has 0 aliphatic rings. The monoisotopic (exact) mass is 127 g/mol. The van der Waals surface area contributed by atoms with Gasteiger partial charge in [-0.25, -0.2) is 0 Å². The summed E-state index contributed by atoms with van der Waals surface area (Å²) in [5.74, 6) is 0. The summed E-state index contributed by atoms with van der Waals surface area (Å²) in [6.07, 6.45) is 5.71. The number of unbranched alkanes of at least 4 members (excludes halogenated alkanes) is 1. The van der Waals surface area contributed by atoms with Gasteiger partial charge in [0.25, 0.3) is 0 Å². The molecule has 0 saturated carbocycles. The first-order valence-electron chi connectivity index (χ1n) is 3.79. The van der Waals surface area contributed by atoms with Gasteiger partial charge in [-0.05, 0) is 26.5 Å². The molecule has 0 rings (SSSR count). The lowest BCUT2D eigenvalue weighted by Crippen LogP contribution is -1.96. The van der Waals surface area contributed by atoms with Crippen LogP contribution < -0.4 is 0 Å². The topological polar surface area (TPSA) is 12.4 Å². The number of hydrogen-bond acceptors (Lipinski definition) is 1. The summed E-state index contributed by atoms with van der Waals surface area (Å²) in [5, 5.41) is 0. The maximum atomic E-state index is 4.24. The second-order valence-corrected chi connectivity index (χ2v) is 2.40. The quantitative estimate of drug-likeness (QED) is 0.515. The van der Waals surface area contributed by atoms with Crippen molar-refractivity contribution in [3.05, 3.63) is 0 Å². The van der Waals surface area contributed by atoms with Gasteiger partial charge >= 0.3 is 0 Å². The van der Waals surface area contributed by atoms with Gasteiger partial charge in [0.2, 0.25) is 0 Å². The van der Waals surface area contributed by atoms with E-state index in [2.05, 4.69) is 18.8 Å². The smallest absolute Gasteiger partial charge is 0.0467 e. The Labute approximate surface area is 58.2 Å². The fourth-order valence-electron chi connectivity index (χ4n) is 0.829. The van der Waals surface area contributed by atoms with Crippen LogP contribution in [0.4, 0.5) is 0 Å². The van der Waals surface area contributed by atoms with Crippen LogP contribution in [0.3, 0.4) is 0 Å². The molecule has 1 heteroatoms. The van der Waals surface area contributed by atoms with Crippen molar-refractivity contribution < 1.29 is 0 Å². The zero-order valence-electron chi connectivity index (χ0n) is 6.72. The molecule has 0 radical (unpaired) electrons. The molecule has 0 N–H and O–H groups in total. The van der Waals surface area contributed by atoms with E-state index in [1.54, 1.807) is 0 Å². The van der Waals surface area contributed by atoms with Gasteiger partial charge < -0.3 is 0 Å². The van der Waals surface area contributed by atoms with Gasteiger partial charge in [0, 0.05) is 6.04 Å². The standard InChI is InChI=1S/C8H17N/c1-4-6-7-8(3)9-5-2/h5,8H,4,6-7H2,1-3H3. The summed E-state index contributed by atoms with van der Waals surface area (Å²) in [7, 11) is 0. The zero-order valence-corrected chi connectivity index (χ0v) is 6.72. The molecule has 1 nitrogen and oxygen atoms in total. The molecule has 1 unspecified atom stereocenters. The minimum Gasteiger partial charge on any atom is -0.295 e. The first-order chi connectivity index (χ1) is 4.31. The van der Waals surface area contributed by atoms with Crippen molar-refractivity contribution in [2.45, 2.75) is 46.1 Å². The van der Waals surface area contributed by atoms with E-state index in [0.717, 1.165) is 0 Å². The molecular weight excluding hydrogens is 110 g/mol. The van der Waals surface area contributed by atoms with Gasteiger partial charge in [-0.2, -0.15) is 0 Å². The molecule has 0 spiro atoms. The first-order valence-corrected chi connectivity index (χ1v) is 3.79. The van der Waals surface area contributed by atoms with E-state index < -0.39 is 0 Å². The van der Waals surface area contributed by atoms with Crippen LogP contribution in [0.5, 0.6) is 0 Å². The van der Waals surface area contributed by atoms with E-state index in [4.69, 9.17) is 0 Å². The van der Waals surface area contributed by atoms with Crippen LogP contribution >= 0.6 is 0 Å². The van der Waals surface area contributed by atoms with E-state index in [0.29, 0.717) is 6.04 Å². The second-order valence-electron chi connectivity index (χ2n) is 2.40. The third kappa shape index (κ3) is 5.54. The van der Waals surface area contributed by atoms with Crippen molar-refractivity contribution in [1.29, 1.82) is 0 Å². The molecule has 0 bridgehead atoms. The Hall–Kier alpha value is -0.330. The van der Waals surface area contributed by atoms with E-state index in [1.807, 2.05) is 13.1 Å². The van der Waals surface area contributed by atoms with Crippen LogP contribution in [0.2, 0.25) is 0 Å². The lowest BCUT2D eigenvalue weighted by Gasteiger charge is -2.01. The Bertz CT molecular complexity index is 76.6. The van der Waals surface area contributed by atoms with Crippen molar-refractivity contribution in [1.82, 2.24) is 0 Å². The molecule has 0 aromatic rings. The summed E-state index contributed by atoms with van der Waals surface area (Å²) in [5.41, 5.74) is 0. The summed E-state index contributed by atoms with van der Waals surface area (Å²) in [6.45, 7) is 6.35. The molecular formula is C8H17N. The minimum absolute atomic E-state index is 0.537. The zero-order chi connectivity index (χ0) is 7.11. The Morgan fingerprint density at radius 1 is 1.56 bits per heavy atom. The van der Waals surface area contributed by atoms with Gasteiger partial charge in [-0.15, -0.1) is 0 Å². The summed E-state index contributed by atoms with van der Waals surface area (Å²) < 4.78 is 0. The van der Waals surface area contributed by atoms with Crippen molar-refractivity contribution in [3.63, 3.8) is 0 Å². The summed E-state index contributed by atoms with van der Waals surface area (Å²) in [6, 6.07) is 0.537. The number of nitrogens with zero attached hydrogens (tertiary/aromatic N) is 1. The fourth-order valence-corrected chi connectivity index (χ4v) is 0.829. The van der Waals surface area contributed by atoms with E-state index in [1.165, 1.54) is 19.3 Å². The molecule has 0 saturated heterocycles. The van der Waals surface area contributed by atoms with Crippen molar-refractivity contribution >= 4 is 6.21 Å². The lowest BCUT2D eigenvalue weighted by atomic mass is 10.1. The molecule has 0 aromatic carbocycles. The molecule has 0 heterocycles. The molecule has 0 aromatic heterocycles. The predicted molar refractivity (Wildman–Crippen MR) is 43.2 cm³/mol. The van der Waals surface area contributed by atoms with E-state index >= 15 is 0 Å². The van der Waals surface area contributed by atoms with Crippen LogP contribution in [0.25, 0.3) is 0 Å². The second kappa shape index (κ2) is 5.80. The Balaban J connectivity index is 3.15. The largest absolute Gasteiger partial charge is 0.295 e. The van der Waals surface area contributed by atoms with Crippen LogP contribution in [-0.4, -0.2) is 12.3 Å². The fraction of sp³-hybridized carbons (Fsp3) is 0.875. The normalized spacial score (nSPS) is 14.6. The van der Waals surface area contributed by atoms with Crippen LogP contribution in [0, 0.1) is 0 Å². The molecule has 0 fully saturated rings. The van der Waals surface area contributed by atoms with Crippen LogP contribution in [-0.2, 0) is 0 Å². The molecule has 9 heavy (non-hydrogen) atoms. The summed E-state index contributed by atoms with van der Waals surface area (Å²) >= 11 is 0. The highest BCUT2D eigenvalue weighted by Gasteiger charge is 1.93. The summed E-state index contributed by atoms with van der Waals surface area (Å²) in [4.78, 5) is 4.24. The maximum absolute atomic E-state index is 4.24. The first kappa shape index (κ1) is 8.67. The highest BCUT2D eigenvalue weighted by atomic mass is 14.7. The maximum Gasteiger partial charge on any atom is 0.0467 e. The van der Waals surface area contributed by atoms with Gasteiger partial charge in [-0.3, -0.25) is 4.99 Å². The van der Waals surface area contributed by atoms with Crippen LogP contribution in [0.15, 0.2) is 4.99 Å². The number of aliphatic imine (C=N–C) groups is 1. The average molecular weight is 127 g/mol. The van der Waals surface area contributed by atoms with E-state index in [9.17, 15) is 0 Å². The number of hydrogen-bond donors (Lipinski definition) is 0. The Morgan fingerprint density at radius 2 is 2.22 bits per heavy atom. The highest BCUT2D eigenvalue weighted by Crippen LogP contribution is 2.01. The lowest BCUT2D eigenvalue weighted by molar-refractivity contribution is 0.619.